The third-order valence-corrected chi connectivity index (χ3v) is 8.41. The summed E-state index contributed by atoms with van der Waals surface area (Å²) in [4.78, 5) is 0. The van der Waals surface area contributed by atoms with Crippen molar-refractivity contribution in [2.75, 3.05) is 0 Å². The van der Waals surface area contributed by atoms with Crippen molar-refractivity contribution < 1.29 is 0 Å². The highest BCUT2D eigenvalue weighted by Gasteiger charge is 2.32. The van der Waals surface area contributed by atoms with E-state index in [1.54, 1.807) is 27.8 Å². The topological polar surface area (TPSA) is 0 Å². The number of hydrogen-bond acceptors (Lipinski definition) is 0. The van der Waals surface area contributed by atoms with Crippen molar-refractivity contribution in [2.45, 2.75) is 108 Å². The Morgan fingerprint density at radius 3 is 1.53 bits per heavy atom. The largest absolute Gasteiger partial charge is 0.0776 e. The highest BCUT2D eigenvalue weighted by atomic mass is 14.4. The molecule has 0 heterocycles. The van der Waals surface area contributed by atoms with E-state index in [4.69, 9.17) is 0 Å². The van der Waals surface area contributed by atoms with E-state index in [0.29, 0.717) is 5.92 Å². The van der Waals surface area contributed by atoms with Gasteiger partial charge in [-0.1, -0.05) is 113 Å². The first-order chi connectivity index (χ1) is 15.2. The Morgan fingerprint density at radius 2 is 1.09 bits per heavy atom. The van der Waals surface area contributed by atoms with E-state index < -0.39 is 0 Å². The first-order valence-corrected chi connectivity index (χ1v) is 13.4. The third-order valence-electron chi connectivity index (χ3n) is 8.41. The molecule has 0 spiro atoms. The van der Waals surface area contributed by atoms with Crippen LogP contribution in [0.25, 0.3) is 0 Å². The summed E-state index contributed by atoms with van der Waals surface area (Å²) in [6.07, 6.45) is 6.56. The van der Waals surface area contributed by atoms with Gasteiger partial charge in [0.25, 0.3) is 0 Å². The van der Waals surface area contributed by atoms with Gasteiger partial charge in [-0.15, -0.1) is 0 Å². The smallest absolute Gasteiger partial charge is 0.0216 e. The lowest BCUT2D eigenvalue weighted by Crippen LogP contribution is -2.32. The second kappa shape index (κ2) is 13.5. The van der Waals surface area contributed by atoms with E-state index in [1.807, 2.05) is 0 Å². The van der Waals surface area contributed by atoms with Crippen molar-refractivity contribution in [3.63, 3.8) is 0 Å². The van der Waals surface area contributed by atoms with Gasteiger partial charge in [0.2, 0.25) is 0 Å². The summed E-state index contributed by atoms with van der Waals surface area (Å²) in [6.45, 7) is 18.9. The average Bonchev–Trinajstić information content (AvgIpc) is 2.77. The van der Waals surface area contributed by atoms with Crippen molar-refractivity contribution in [3.05, 3.63) is 70.3 Å². The lowest BCUT2D eigenvalue weighted by molar-refractivity contribution is 0.181. The minimum atomic E-state index is 0. The van der Waals surface area contributed by atoms with E-state index in [-0.39, 0.29) is 14.9 Å². The van der Waals surface area contributed by atoms with Crippen LogP contribution in [-0.2, 0) is 25.7 Å². The summed E-state index contributed by atoms with van der Waals surface area (Å²) < 4.78 is 0. The van der Waals surface area contributed by atoms with Crippen LogP contribution in [0, 0.1) is 35.5 Å². The van der Waals surface area contributed by atoms with Crippen LogP contribution in [0.4, 0.5) is 0 Å². The molecule has 0 N–H and O–H groups in total. The molecule has 0 radical (unpaired) electrons. The van der Waals surface area contributed by atoms with Crippen LogP contribution in [0.1, 0.15) is 110 Å². The van der Waals surface area contributed by atoms with E-state index in [1.165, 1.54) is 32.1 Å². The Hall–Kier alpha value is -1.56. The Balaban J connectivity index is 0.000000321. The van der Waals surface area contributed by atoms with Gasteiger partial charge in [-0.25, -0.2) is 0 Å². The zero-order valence-corrected chi connectivity index (χ0v) is 22.1. The van der Waals surface area contributed by atoms with Gasteiger partial charge in [0.1, 0.15) is 0 Å². The molecule has 0 amide bonds. The second-order valence-corrected chi connectivity index (χ2v) is 11.9. The molecule has 2 aromatic rings. The van der Waals surface area contributed by atoms with Crippen LogP contribution in [0.15, 0.2) is 42.5 Å². The molecule has 0 saturated heterocycles. The Morgan fingerprint density at radius 1 is 0.588 bits per heavy atom. The fourth-order valence-corrected chi connectivity index (χ4v) is 6.20. The minimum Gasteiger partial charge on any atom is -0.0776 e. The predicted molar refractivity (Wildman–Crippen MR) is 155 cm³/mol. The minimum absolute atomic E-state index is 0. The van der Waals surface area contributed by atoms with Crippen molar-refractivity contribution in [1.82, 2.24) is 0 Å². The molecule has 0 aliphatic heterocycles. The second-order valence-electron chi connectivity index (χ2n) is 11.9. The summed E-state index contributed by atoms with van der Waals surface area (Å²) in [6, 6.07) is 15.9. The molecule has 2 aliphatic carbocycles. The molecule has 34 heavy (non-hydrogen) atoms. The lowest BCUT2D eigenvalue weighted by Gasteiger charge is -2.38. The lowest BCUT2D eigenvalue weighted by atomic mass is 9.67. The molecule has 0 saturated carbocycles. The summed E-state index contributed by atoms with van der Waals surface area (Å²) in [5, 5.41) is 0. The zero-order chi connectivity index (χ0) is 23.4. The molecule has 0 aromatic heterocycles. The molecule has 3 atom stereocenters. The SMILES string of the molecule is C.C.CC(C)C1Cc2ccccc2CC1C(C)C.CC(C)c1cccc2c1CCC(C(C)C)C2. The van der Waals surface area contributed by atoms with Crippen molar-refractivity contribution >= 4 is 0 Å². The van der Waals surface area contributed by atoms with Gasteiger partial charge in [0.05, 0.1) is 0 Å². The summed E-state index contributed by atoms with van der Waals surface area (Å²) in [7, 11) is 0. The summed E-state index contributed by atoms with van der Waals surface area (Å²) in [5.41, 5.74) is 8.06. The van der Waals surface area contributed by atoms with E-state index in [0.717, 1.165) is 35.5 Å². The number of rotatable bonds is 4. The van der Waals surface area contributed by atoms with Gasteiger partial charge >= 0.3 is 0 Å². The molecule has 4 rings (SSSR count). The number of benzene rings is 2. The average molecular weight is 465 g/mol. The van der Waals surface area contributed by atoms with Crippen molar-refractivity contribution in [3.8, 4) is 0 Å². The van der Waals surface area contributed by atoms with Crippen LogP contribution in [-0.4, -0.2) is 0 Å². The van der Waals surface area contributed by atoms with Gasteiger partial charge in [0, 0.05) is 0 Å². The maximum atomic E-state index is 2.38. The normalized spacial score (nSPS) is 21.2. The van der Waals surface area contributed by atoms with E-state index in [2.05, 4.69) is 97.9 Å². The molecular weight excluding hydrogens is 408 g/mol. The molecule has 0 fully saturated rings. The third kappa shape index (κ3) is 7.22. The Kier molecular flexibility index (Phi) is 12.1. The summed E-state index contributed by atoms with van der Waals surface area (Å²) in [5.74, 6) is 5.75. The fraction of sp³-hybridized carbons (Fsp3) is 0.647. The van der Waals surface area contributed by atoms with Gasteiger partial charge in [0.15, 0.2) is 0 Å². The Labute approximate surface area is 214 Å². The molecular formula is C34H56. The first kappa shape index (κ1) is 30.5. The molecule has 0 heteroatoms. The van der Waals surface area contributed by atoms with Crippen molar-refractivity contribution in [1.29, 1.82) is 0 Å². The molecule has 192 valence electrons. The van der Waals surface area contributed by atoms with Crippen LogP contribution < -0.4 is 0 Å². The maximum absolute atomic E-state index is 2.38. The van der Waals surface area contributed by atoms with Crippen molar-refractivity contribution in [2.24, 2.45) is 35.5 Å². The predicted octanol–water partition coefficient (Wildman–Crippen LogP) is 10.2. The molecule has 0 bridgehead atoms. The zero-order valence-electron chi connectivity index (χ0n) is 22.1. The quantitative estimate of drug-likeness (QED) is 0.422. The van der Waals surface area contributed by atoms with E-state index in [9.17, 15) is 0 Å². The monoisotopic (exact) mass is 464 g/mol. The molecule has 3 unspecified atom stereocenters. The molecule has 0 nitrogen and oxygen atoms in total. The van der Waals surface area contributed by atoms with Gasteiger partial charge < -0.3 is 0 Å². The van der Waals surface area contributed by atoms with Gasteiger partial charge in [-0.3, -0.25) is 0 Å². The van der Waals surface area contributed by atoms with Crippen LogP contribution in [0.5, 0.6) is 0 Å². The number of hydrogen-bond donors (Lipinski definition) is 0. The molecule has 2 aromatic carbocycles. The van der Waals surface area contributed by atoms with E-state index >= 15 is 0 Å². The molecule has 2 aliphatic rings. The fourth-order valence-electron chi connectivity index (χ4n) is 6.20. The van der Waals surface area contributed by atoms with Crippen LogP contribution >= 0.6 is 0 Å². The standard InChI is InChI=1S/2C16H24.2CH4/c1-11(2)13-8-9-16-14(10-13)6-5-7-15(16)12(3)4;1-11(2)15-9-13-7-5-6-8-14(13)10-16(15)12(3)4;;/h5-7,11-13H,8-10H2,1-4H3;5-8,11-12,15-16H,9-10H2,1-4H3;2*1H4. The maximum Gasteiger partial charge on any atom is -0.0216 e. The summed E-state index contributed by atoms with van der Waals surface area (Å²) >= 11 is 0. The Bertz CT molecular complexity index is 819. The highest BCUT2D eigenvalue weighted by molar-refractivity contribution is 5.39. The van der Waals surface area contributed by atoms with Gasteiger partial charge in [-0.05, 0) is 101 Å². The first-order valence-electron chi connectivity index (χ1n) is 13.4. The highest BCUT2D eigenvalue weighted by Crippen LogP contribution is 2.38. The number of fused-ring (bicyclic) bond motifs is 2. The van der Waals surface area contributed by atoms with Crippen LogP contribution in [0.2, 0.25) is 0 Å². The van der Waals surface area contributed by atoms with Crippen LogP contribution in [0.3, 0.4) is 0 Å². The van der Waals surface area contributed by atoms with Gasteiger partial charge in [-0.2, -0.15) is 0 Å².